The van der Waals surface area contributed by atoms with E-state index in [1.807, 2.05) is 23.1 Å². The first kappa shape index (κ1) is 11.2. The molecule has 2 aromatic rings. The molecular formula is C15H18N4. The van der Waals surface area contributed by atoms with Gasteiger partial charge in [0.05, 0.1) is 5.69 Å². The van der Waals surface area contributed by atoms with Gasteiger partial charge in [-0.05, 0) is 43.4 Å². The first-order valence-electron chi connectivity index (χ1n) is 7.13. The van der Waals surface area contributed by atoms with Crippen LogP contribution in [-0.4, -0.2) is 20.8 Å². The van der Waals surface area contributed by atoms with E-state index in [9.17, 15) is 0 Å². The summed E-state index contributed by atoms with van der Waals surface area (Å²) in [5, 5.41) is 8.09. The standard InChI is InChI=1S/C15H18N4/c1-6-15(17-10-11(1)9-16-13-4-5-13)19-8-7-14(18-19)12-2-3-12/h1,6-8,10,12-13,16H,2-5,9H2. The van der Waals surface area contributed by atoms with E-state index in [-0.39, 0.29) is 0 Å². The fourth-order valence-electron chi connectivity index (χ4n) is 2.27. The fourth-order valence-corrected chi connectivity index (χ4v) is 2.27. The summed E-state index contributed by atoms with van der Waals surface area (Å²) in [5.41, 5.74) is 2.45. The predicted molar refractivity (Wildman–Crippen MR) is 73.2 cm³/mol. The summed E-state index contributed by atoms with van der Waals surface area (Å²) in [7, 11) is 0. The second-order valence-electron chi connectivity index (χ2n) is 5.64. The average molecular weight is 254 g/mol. The van der Waals surface area contributed by atoms with Gasteiger partial charge in [0.2, 0.25) is 0 Å². The second-order valence-corrected chi connectivity index (χ2v) is 5.64. The minimum absolute atomic E-state index is 0.697. The Kier molecular flexibility index (Phi) is 2.62. The topological polar surface area (TPSA) is 42.7 Å². The highest BCUT2D eigenvalue weighted by Gasteiger charge is 2.26. The van der Waals surface area contributed by atoms with Gasteiger partial charge in [-0.2, -0.15) is 5.10 Å². The van der Waals surface area contributed by atoms with E-state index in [2.05, 4.69) is 27.5 Å². The molecule has 1 N–H and O–H groups in total. The van der Waals surface area contributed by atoms with Gasteiger partial charge in [-0.3, -0.25) is 0 Å². The van der Waals surface area contributed by atoms with Crippen LogP contribution in [0.5, 0.6) is 0 Å². The van der Waals surface area contributed by atoms with E-state index in [0.29, 0.717) is 5.92 Å². The molecule has 0 unspecified atom stereocenters. The lowest BCUT2D eigenvalue weighted by Crippen LogP contribution is -2.15. The Morgan fingerprint density at radius 3 is 2.74 bits per heavy atom. The highest BCUT2D eigenvalue weighted by Crippen LogP contribution is 2.38. The summed E-state index contributed by atoms with van der Waals surface area (Å²) in [4.78, 5) is 4.50. The molecule has 0 radical (unpaired) electrons. The largest absolute Gasteiger partial charge is 0.310 e. The van der Waals surface area contributed by atoms with Crippen LogP contribution in [0.25, 0.3) is 5.82 Å². The second kappa shape index (κ2) is 4.46. The van der Waals surface area contributed by atoms with E-state index < -0.39 is 0 Å². The van der Waals surface area contributed by atoms with Crippen LogP contribution < -0.4 is 5.32 Å². The molecule has 98 valence electrons. The molecule has 0 aromatic carbocycles. The van der Waals surface area contributed by atoms with Crippen molar-refractivity contribution in [2.45, 2.75) is 44.2 Å². The lowest BCUT2D eigenvalue weighted by molar-refractivity contribution is 0.684. The first-order valence-corrected chi connectivity index (χ1v) is 7.13. The van der Waals surface area contributed by atoms with Crippen LogP contribution in [0.15, 0.2) is 30.6 Å². The normalized spacial score (nSPS) is 18.7. The van der Waals surface area contributed by atoms with Crippen molar-refractivity contribution in [2.75, 3.05) is 0 Å². The zero-order valence-corrected chi connectivity index (χ0v) is 10.9. The Morgan fingerprint density at radius 1 is 1.16 bits per heavy atom. The third-order valence-electron chi connectivity index (χ3n) is 3.82. The van der Waals surface area contributed by atoms with Gasteiger partial charge in [0.25, 0.3) is 0 Å². The quantitative estimate of drug-likeness (QED) is 0.891. The van der Waals surface area contributed by atoms with Gasteiger partial charge >= 0.3 is 0 Å². The molecule has 0 saturated heterocycles. The van der Waals surface area contributed by atoms with Gasteiger partial charge in [-0.25, -0.2) is 9.67 Å². The molecule has 19 heavy (non-hydrogen) atoms. The zero-order chi connectivity index (χ0) is 12.7. The number of pyridine rings is 1. The van der Waals surface area contributed by atoms with Gasteiger partial charge in [-0.1, -0.05) is 6.07 Å². The fraction of sp³-hybridized carbons (Fsp3) is 0.467. The lowest BCUT2D eigenvalue weighted by Gasteiger charge is -2.04. The first-order chi connectivity index (χ1) is 9.38. The van der Waals surface area contributed by atoms with Crippen molar-refractivity contribution in [3.05, 3.63) is 41.9 Å². The minimum atomic E-state index is 0.697. The minimum Gasteiger partial charge on any atom is -0.310 e. The number of aromatic nitrogens is 3. The maximum Gasteiger partial charge on any atom is 0.153 e. The van der Waals surface area contributed by atoms with E-state index in [0.717, 1.165) is 18.4 Å². The van der Waals surface area contributed by atoms with Crippen LogP contribution in [0.2, 0.25) is 0 Å². The monoisotopic (exact) mass is 254 g/mol. The van der Waals surface area contributed by atoms with Crippen LogP contribution in [0.3, 0.4) is 0 Å². The highest BCUT2D eigenvalue weighted by molar-refractivity contribution is 5.26. The lowest BCUT2D eigenvalue weighted by atomic mass is 10.3. The molecule has 2 heterocycles. The Labute approximate surface area is 112 Å². The number of nitrogens with zero attached hydrogens (tertiary/aromatic N) is 3. The van der Waals surface area contributed by atoms with Crippen LogP contribution in [0, 0.1) is 0 Å². The van der Waals surface area contributed by atoms with Crippen molar-refractivity contribution in [2.24, 2.45) is 0 Å². The summed E-state index contributed by atoms with van der Waals surface area (Å²) in [5.74, 6) is 1.60. The predicted octanol–water partition coefficient (Wildman–Crippen LogP) is 2.40. The summed E-state index contributed by atoms with van der Waals surface area (Å²) < 4.78 is 1.88. The smallest absolute Gasteiger partial charge is 0.153 e. The van der Waals surface area contributed by atoms with E-state index in [4.69, 9.17) is 0 Å². The summed E-state index contributed by atoms with van der Waals surface area (Å²) in [6, 6.07) is 7.04. The van der Waals surface area contributed by atoms with Crippen molar-refractivity contribution >= 4 is 0 Å². The number of nitrogens with one attached hydrogen (secondary N) is 1. The van der Waals surface area contributed by atoms with E-state index in [1.165, 1.54) is 36.9 Å². The summed E-state index contributed by atoms with van der Waals surface area (Å²) >= 11 is 0. The Bertz CT molecular complexity index is 564. The summed E-state index contributed by atoms with van der Waals surface area (Å²) in [6.45, 7) is 0.921. The third-order valence-corrected chi connectivity index (χ3v) is 3.82. The number of hydrogen-bond acceptors (Lipinski definition) is 3. The zero-order valence-electron chi connectivity index (χ0n) is 10.9. The van der Waals surface area contributed by atoms with Gasteiger partial charge in [0.1, 0.15) is 0 Å². The molecule has 2 saturated carbocycles. The SMILES string of the molecule is c1cc(-n2ccc(C3CC3)n2)ncc1CNC1CC1. The van der Waals surface area contributed by atoms with Crippen LogP contribution in [-0.2, 0) is 6.54 Å². The van der Waals surface area contributed by atoms with Gasteiger partial charge in [0.15, 0.2) is 5.82 Å². The summed E-state index contributed by atoms with van der Waals surface area (Å²) in [6.07, 6.45) is 9.18. The molecular weight excluding hydrogens is 236 g/mol. The van der Waals surface area contributed by atoms with Gasteiger partial charge in [-0.15, -0.1) is 0 Å². The molecule has 2 aliphatic carbocycles. The van der Waals surface area contributed by atoms with Crippen LogP contribution in [0.1, 0.15) is 42.9 Å². The molecule has 4 rings (SSSR count). The molecule has 0 bridgehead atoms. The van der Waals surface area contributed by atoms with Gasteiger partial charge in [0, 0.05) is 30.9 Å². The maximum absolute atomic E-state index is 4.59. The van der Waals surface area contributed by atoms with Crippen LogP contribution in [0.4, 0.5) is 0 Å². The van der Waals surface area contributed by atoms with E-state index in [1.54, 1.807) is 0 Å². The number of hydrogen-bond donors (Lipinski definition) is 1. The third kappa shape index (κ3) is 2.54. The maximum atomic E-state index is 4.59. The van der Waals surface area contributed by atoms with Crippen molar-refractivity contribution < 1.29 is 0 Å². The van der Waals surface area contributed by atoms with Crippen LogP contribution >= 0.6 is 0 Å². The van der Waals surface area contributed by atoms with E-state index >= 15 is 0 Å². The molecule has 2 aromatic heterocycles. The Morgan fingerprint density at radius 2 is 2.05 bits per heavy atom. The average Bonchev–Trinajstić information content (AvgIpc) is 3.37. The van der Waals surface area contributed by atoms with Crippen molar-refractivity contribution in [1.29, 1.82) is 0 Å². The molecule has 0 aliphatic heterocycles. The Balaban J connectivity index is 1.46. The Hall–Kier alpha value is -1.68. The molecule has 2 aliphatic rings. The molecule has 4 heteroatoms. The van der Waals surface area contributed by atoms with Crippen molar-refractivity contribution in [3.63, 3.8) is 0 Å². The molecule has 0 amide bonds. The van der Waals surface area contributed by atoms with Crippen molar-refractivity contribution in [3.8, 4) is 5.82 Å². The highest BCUT2D eigenvalue weighted by atomic mass is 15.3. The van der Waals surface area contributed by atoms with Gasteiger partial charge < -0.3 is 5.32 Å². The molecule has 2 fully saturated rings. The van der Waals surface area contributed by atoms with Crippen molar-refractivity contribution in [1.82, 2.24) is 20.1 Å². The number of rotatable bonds is 5. The molecule has 0 atom stereocenters. The molecule has 0 spiro atoms. The molecule has 4 nitrogen and oxygen atoms in total.